The van der Waals surface area contributed by atoms with E-state index in [-0.39, 0.29) is 17.8 Å². The zero-order chi connectivity index (χ0) is 16.1. The first kappa shape index (κ1) is 16.3. The van der Waals surface area contributed by atoms with Gasteiger partial charge in [0.2, 0.25) is 5.91 Å². The van der Waals surface area contributed by atoms with Gasteiger partial charge in [0.15, 0.2) is 0 Å². The lowest BCUT2D eigenvalue weighted by Gasteiger charge is -2.24. The molecule has 1 atom stereocenters. The Bertz CT molecular complexity index is 531. The highest BCUT2D eigenvalue weighted by Gasteiger charge is 2.34. The van der Waals surface area contributed by atoms with Gasteiger partial charge in [0.05, 0.1) is 0 Å². The van der Waals surface area contributed by atoms with Gasteiger partial charge in [0.1, 0.15) is 11.9 Å². The summed E-state index contributed by atoms with van der Waals surface area (Å²) in [7, 11) is 0. The maximum absolute atomic E-state index is 12.9. The molecule has 1 saturated heterocycles. The molecule has 2 rings (SSSR count). The second-order valence-corrected chi connectivity index (χ2v) is 5.93. The minimum absolute atomic E-state index is 0.111. The van der Waals surface area contributed by atoms with Crippen LogP contribution in [-0.4, -0.2) is 36.0 Å². The molecule has 0 bridgehead atoms. The predicted octanol–water partition coefficient (Wildman–Crippen LogP) is 2.59. The molecule has 3 amide bonds. The van der Waals surface area contributed by atoms with Crippen LogP contribution < -0.4 is 10.6 Å². The van der Waals surface area contributed by atoms with Gasteiger partial charge in [-0.25, -0.2) is 9.18 Å². The number of rotatable bonds is 4. The van der Waals surface area contributed by atoms with Crippen LogP contribution in [0.2, 0.25) is 0 Å². The minimum Gasteiger partial charge on any atom is -0.354 e. The third kappa shape index (κ3) is 4.19. The number of amides is 3. The highest BCUT2D eigenvalue weighted by Crippen LogP contribution is 2.19. The van der Waals surface area contributed by atoms with Crippen LogP contribution in [0.1, 0.15) is 26.7 Å². The Labute approximate surface area is 129 Å². The van der Waals surface area contributed by atoms with Crippen molar-refractivity contribution in [2.75, 3.05) is 18.4 Å². The summed E-state index contributed by atoms with van der Waals surface area (Å²) < 4.78 is 12.9. The zero-order valence-corrected chi connectivity index (χ0v) is 12.9. The Balaban J connectivity index is 1.95. The molecule has 1 heterocycles. The molecule has 0 aliphatic carbocycles. The average molecular weight is 307 g/mol. The highest BCUT2D eigenvalue weighted by molar-refractivity contribution is 5.94. The second kappa shape index (κ2) is 7.24. The largest absolute Gasteiger partial charge is 0.354 e. The topological polar surface area (TPSA) is 61.4 Å². The number of urea groups is 1. The molecular formula is C16H22FN3O2. The minimum atomic E-state index is -0.431. The van der Waals surface area contributed by atoms with Crippen molar-refractivity contribution in [1.82, 2.24) is 10.2 Å². The van der Waals surface area contributed by atoms with Crippen molar-refractivity contribution in [3.63, 3.8) is 0 Å². The Morgan fingerprint density at radius 1 is 1.32 bits per heavy atom. The fraction of sp³-hybridized carbons (Fsp3) is 0.500. The summed E-state index contributed by atoms with van der Waals surface area (Å²) in [5.41, 5.74) is 0.514. The van der Waals surface area contributed by atoms with Crippen molar-refractivity contribution in [3.05, 3.63) is 30.1 Å². The second-order valence-electron chi connectivity index (χ2n) is 5.93. The summed E-state index contributed by atoms with van der Waals surface area (Å²) >= 11 is 0. The Hall–Kier alpha value is -2.11. The molecule has 1 aromatic carbocycles. The predicted molar refractivity (Wildman–Crippen MR) is 83.0 cm³/mol. The molecule has 1 aliphatic heterocycles. The number of carbonyl (C=O) groups excluding carboxylic acids is 2. The summed E-state index contributed by atoms with van der Waals surface area (Å²) in [4.78, 5) is 26.0. The van der Waals surface area contributed by atoms with Crippen molar-refractivity contribution in [2.45, 2.75) is 32.7 Å². The van der Waals surface area contributed by atoms with Crippen molar-refractivity contribution in [2.24, 2.45) is 5.92 Å². The third-order valence-corrected chi connectivity index (χ3v) is 3.60. The molecule has 0 radical (unpaired) electrons. The lowest BCUT2D eigenvalue weighted by Crippen LogP contribution is -2.48. The maximum Gasteiger partial charge on any atom is 0.322 e. The Morgan fingerprint density at radius 3 is 2.64 bits per heavy atom. The lowest BCUT2D eigenvalue weighted by atomic mass is 10.2. The van der Waals surface area contributed by atoms with Gasteiger partial charge in [0.25, 0.3) is 0 Å². The molecule has 1 aliphatic rings. The lowest BCUT2D eigenvalue weighted by molar-refractivity contribution is -0.124. The first-order chi connectivity index (χ1) is 10.5. The van der Waals surface area contributed by atoms with E-state index in [2.05, 4.69) is 10.6 Å². The summed E-state index contributed by atoms with van der Waals surface area (Å²) in [6, 6.07) is 4.81. The monoisotopic (exact) mass is 307 g/mol. The van der Waals surface area contributed by atoms with Crippen LogP contribution in [0.15, 0.2) is 24.3 Å². The quantitative estimate of drug-likeness (QED) is 0.898. The van der Waals surface area contributed by atoms with Crippen LogP contribution >= 0.6 is 0 Å². The summed E-state index contributed by atoms with van der Waals surface area (Å²) in [5, 5.41) is 5.57. The van der Waals surface area contributed by atoms with Gasteiger partial charge in [0, 0.05) is 18.8 Å². The van der Waals surface area contributed by atoms with Gasteiger partial charge in [-0.15, -0.1) is 0 Å². The average Bonchev–Trinajstić information content (AvgIpc) is 2.96. The molecule has 5 nitrogen and oxygen atoms in total. The van der Waals surface area contributed by atoms with Crippen molar-refractivity contribution in [3.8, 4) is 0 Å². The number of likely N-dealkylation sites (tertiary alicyclic amines) is 1. The number of hydrogen-bond donors (Lipinski definition) is 2. The Morgan fingerprint density at radius 2 is 2.00 bits per heavy atom. The van der Waals surface area contributed by atoms with E-state index in [9.17, 15) is 14.0 Å². The summed E-state index contributed by atoms with van der Waals surface area (Å²) in [6.45, 7) is 5.19. The van der Waals surface area contributed by atoms with Crippen LogP contribution in [-0.2, 0) is 4.79 Å². The molecule has 2 N–H and O–H groups in total. The maximum atomic E-state index is 12.9. The van der Waals surface area contributed by atoms with E-state index in [1.54, 1.807) is 4.90 Å². The van der Waals surface area contributed by atoms with Gasteiger partial charge >= 0.3 is 6.03 Å². The molecule has 1 fully saturated rings. The molecule has 6 heteroatoms. The van der Waals surface area contributed by atoms with Crippen LogP contribution in [0.4, 0.5) is 14.9 Å². The normalized spacial score (nSPS) is 17.6. The highest BCUT2D eigenvalue weighted by atomic mass is 19.1. The first-order valence-corrected chi connectivity index (χ1v) is 7.58. The number of hydrogen-bond acceptors (Lipinski definition) is 2. The van der Waals surface area contributed by atoms with Crippen LogP contribution in [0, 0.1) is 11.7 Å². The van der Waals surface area contributed by atoms with Crippen molar-refractivity contribution < 1.29 is 14.0 Å². The number of nitrogens with one attached hydrogen (secondary N) is 2. The van der Waals surface area contributed by atoms with E-state index >= 15 is 0 Å². The fourth-order valence-corrected chi connectivity index (χ4v) is 2.43. The molecule has 0 aromatic heterocycles. The SMILES string of the molecule is CC(C)CNC(=O)C1CCCN1C(=O)Nc1ccc(F)cc1. The number of nitrogens with zero attached hydrogens (tertiary/aromatic N) is 1. The van der Waals surface area contributed by atoms with Crippen molar-refractivity contribution in [1.29, 1.82) is 0 Å². The molecule has 0 spiro atoms. The smallest absolute Gasteiger partial charge is 0.322 e. The van der Waals surface area contributed by atoms with E-state index < -0.39 is 6.04 Å². The van der Waals surface area contributed by atoms with Gasteiger partial charge in [-0.2, -0.15) is 0 Å². The molecule has 120 valence electrons. The van der Waals surface area contributed by atoms with Gasteiger partial charge in [-0.3, -0.25) is 4.79 Å². The van der Waals surface area contributed by atoms with Gasteiger partial charge in [-0.05, 0) is 43.0 Å². The Kier molecular flexibility index (Phi) is 5.35. The van der Waals surface area contributed by atoms with Crippen LogP contribution in [0.5, 0.6) is 0 Å². The zero-order valence-electron chi connectivity index (χ0n) is 12.9. The fourth-order valence-electron chi connectivity index (χ4n) is 2.43. The van der Waals surface area contributed by atoms with E-state index in [1.165, 1.54) is 24.3 Å². The molecule has 1 unspecified atom stereocenters. The van der Waals surface area contributed by atoms with Crippen LogP contribution in [0.3, 0.4) is 0 Å². The number of carbonyl (C=O) groups is 2. The first-order valence-electron chi connectivity index (χ1n) is 7.58. The van der Waals surface area contributed by atoms with Crippen molar-refractivity contribution >= 4 is 17.6 Å². The molecule has 0 saturated carbocycles. The van der Waals surface area contributed by atoms with E-state index in [0.717, 1.165) is 6.42 Å². The van der Waals surface area contributed by atoms with E-state index in [1.807, 2.05) is 13.8 Å². The standard InChI is InChI=1S/C16H22FN3O2/c1-11(2)10-18-15(21)14-4-3-9-20(14)16(22)19-13-7-5-12(17)6-8-13/h5-8,11,14H,3-4,9-10H2,1-2H3,(H,18,21)(H,19,22). The summed E-state index contributed by atoms with van der Waals surface area (Å²) in [6.07, 6.45) is 1.47. The van der Waals surface area contributed by atoms with Crippen LogP contribution in [0.25, 0.3) is 0 Å². The number of halogens is 1. The van der Waals surface area contributed by atoms with E-state index in [4.69, 9.17) is 0 Å². The summed E-state index contributed by atoms with van der Waals surface area (Å²) in [5.74, 6) is -0.0996. The van der Waals surface area contributed by atoms with E-state index in [0.29, 0.717) is 31.1 Å². The van der Waals surface area contributed by atoms with Gasteiger partial charge < -0.3 is 15.5 Å². The third-order valence-electron chi connectivity index (χ3n) is 3.60. The molecule has 22 heavy (non-hydrogen) atoms. The van der Waals surface area contributed by atoms with Gasteiger partial charge in [-0.1, -0.05) is 13.8 Å². The number of anilines is 1. The number of benzene rings is 1. The molecule has 1 aromatic rings. The molecular weight excluding hydrogens is 285 g/mol.